The number of amides is 1. The fourth-order valence-electron chi connectivity index (χ4n) is 1.31. The van der Waals surface area contributed by atoms with Crippen molar-refractivity contribution in [2.75, 3.05) is 20.2 Å². The molecule has 122 valence electrons. The second kappa shape index (κ2) is 8.61. The summed E-state index contributed by atoms with van der Waals surface area (Å²) in [6.45, 7) is 8.78. The van der Waals surface area contributed by atoms with Gasteiger partial charge in [-0.1, -0.05) is 13.8 Å². The van der Waals surface area contributed by atoms with Gasteiger partial charge in [-0.2, -0.15) is 0 Å². The van der Waals surface area contributed by atoms with Crippen molar-refractivity contribution in [2.45, 2.75) is 46.3 Å². The third-order valence-electron chi connectivity index (χ3n) is 2.50. The Labute approximate surface area is 125 Å². The molecule has 0 aliphatic carbocycles. The van der Waals surface area contributed by atoms with Crippen LogP contribution >= 0.6 is 0 Å². The van der Waals surface area contributed by atoms with Crippen LogP contribution in [0.25, 0.3) is 0 Å². The van der Waals surface area contributed by atoms with Gasteiger partial charge in [-0.25, -0.2) is 4.79 Å². The number of carbonyl (C=O) groups is 3. The van der Waals surface area contributed by atoms with E-state index in [0.29, 0.717) is 0 Å². The minimum atomic E-state index is -0.801. The van der Waals surface area contributed by atoms with Crippen LogP contribution in [0.15, 0.2) is 0 Å². The zero-order valence-electron chi connectivity index (χ0n) is 13.6. The summed E-state index contributed by atoms with van der Waals surface area (Å²) < 4.78 is 9.70. The first-order valence-electron chi connectivity index (χ1n) is 6.87. The van der Waals surface area contributed by atoms with Crippen molar-refractivity contribution < 1.29 is 23.9 Å². The van der Waals surface area contributed by atoms with E-state index in [1.54, 1.807) is 34.6 Å². The van der Waals surface area contributed by atoms with E-state index in [9.17, 15) is 14.4 Å². The van der Waals surface area contributed by atoms with Gasteiger partial charge in [0.1, 0.15) is 17.4 Å². The van der Waals surface area contributed by atoms with Gasteiger partial charge in [0.05, 0.1) is 13.7 Å². The number of alkyl carbamates (subject to hydrolysis) is 1. The van der Waals surface area contributed by atoms with Crippen molar-refractivity contribution >= 4 is 17.8 Å². The lowest BCUT2D eigenvalue weighted by atomic mass is 10.1. The maximum absolute atomic E-state index is 11.6. The number of ketones is 1. The predicted octanol–water partition coefficient (Wildman–Crippen LogP) is 0.867. The van der Waals surface area contributed by atoms with E-state index in [-0.39, 0.29) is 24.8 Å². The van der Waals surface area contributed by atoms with E-state index in [0.717, 1.165) is 0 Å². The highest BCUT2D eigenvalue weighted by Gasteiger charge is 2.23. The van der Waals surface area contributed by atoms with Crippen molar-refractivity contribution in [3.63, 3.8) is 0 Å². The summed E-state index contributed by atoms with van der Waals surface area (Å²) in [6, 6.07) is -0.801. The largest absolute Gasteiger partial charge is 0.468 e. The third-order valence-corrected chi connectivity index (χ3v) is 2.50. The lowest BCUT2D eigenvalue weighted by Crippen LogP contribution is -2.49. The molecule has 0 saturated heterocycles. The monoisotopic (exact) mass is 302 g/mol. The highest BCUT2D eigenvalue weighted by Crippen LogP contribution is 2.06. The van der Waals surface area contributed by atoms with Crippen LogP contribution in [0.4, 0.5) is 4.79 Å². The molecule has 1 amide bonds. The molecule has 2 N–H and O–H groups in total. The molecule has 0 spiro atoms. The highest BCUT2D eigenvalue weighted by atomic mass is 16.6. The van der Waals surface area contributed by atoms with E-state index in [1.807, 2.05) is 0 Å². The first-order valence-corrected chi connectivity index (χ1v) is 6.87. The molecular formula is C14H26N2O5. The number of methoxy groups -OCH3 is 1. The molecule has 7 heteroatoms. The van der Waals surface area contributed by atoms with Gasteiger partial charge in [-0.15, -0.1) is 0 Å². The number of ether oxygens (including phenoxy) is 2. The van der Waals surface area contributed by atoms with Gasteiger partial charge in [-0.05, 0) is 20.8 Å². The molecule has 0 aliphatic rings. The molecule has 0 bridgehead atoms. The van der Waals surface area contributed by atoms with Crippen molar-refractivity contribution in [3.8, 4) is 0 Å². The summed E-state index contributed by atoms with van der Waals surface area (Å²) in [4.78, 5) is 34.7. The van der Waals surface area contributed by atoms with Gasteiger partial charge in [0.2, 0.25) is 0 Å². The Morgan fingerprint density at radius 2 is 1.71 bits per heavy atom. The van der Waals surface area contributed by atoms with Crippen LogP contribution in [0.5, 0.6) is 0 Å². The normalized spacial score (nSPS) is 12.7. The van der Waals surface area contributed by atoms with E-state index in [1.165, 1.54) is 7.11 Å². The summed E-state index contributed by atoms with van der Waals surface area (Å²) in [5.41, 5.74) is -0.619. The molecule has 21 heavy (non-hydrogen) atoms. The fourth-order valence-corrected chi connectivity index (χ4v) is 1.31. The second-order valence-corrected chi connectivity index (χ2v) is 5.96. The third kappa shape index (κ3) is 9.01. The van der Waals surface area contributed by atoms with Crippen molar-refractivity contribution in [1.82, 2.24) is 10.6 Å². The molecule has 0 fully saturated rings. The molecule has 7 nitrogen and oxygen atoms in total. The van der Waals surface area contributed by atoms with Crippen LogP contribution in [0, 0.1) is 5.92 Å². The number of nitrogens with one attached hydrogen (secondary N) is 2. The first-order chi connectivity index (χ1) is 9.56. The molecule has 0 saturated carbocycles. The van der Waals surface area contributed by atoms with Gasteiger partial charge in [-0.3, -0.25) is 14.9 Å². The van der Waals surface area contributed by atoms with Crippen LogP contribution in [-0.4, -0.2) is 49.7 Å². The number of hydrogen-bond donors (Lipinski definition) is 2. The Balaban J connectivity index is 4.41. The number of esters is 1. The Kier molecular flexibility index (Phi) is 7.94. The summed E-state index contributed by atoms with van der Waals surface area (Å²) in [5.74, 6) is -0.710. The predicted molar refractivity (Wildman–Crippen MR) is 77.9 cm³/mol. The Bertz CT molecular complexity index is 374. The molecular weight excluding hydrogens is 276 g/mol. The van der Waals surface area contributed by atoms with Crippen molar-refractivity contribution in [3.05, 3.63) is 0 Å². The fraction of sp³-hybridized carbons (Fsp3) is 0.786. The Hall–Kier alpha value is -1.63. The van der Waals surface area contributed by atoms with Crippen molar-refractivity contribution in [2.24, 2.45) is 5.92 Å². The van der Waals surface area contributed by atoms with Crippen LogP contribution < -0.4 is 10.6 Å². The van der Waals surface area contributed by atoms with Crippen LogP contribution in [-0.2, 0) is 19.1 Å². The summed E-state index contributed by atoms with van der Waals surface area (Å²) in [6.07, 6.45) is -0.631. The average Bonchev–Trinajstić information content (AvgIpc) is 2.35. The maximum atomic E-state index is 11.6. The van der Waals surface area contributed by atoms with Gasteiger partial charge < -0.3 is 14.8 Å². The first kappa shape index (κ1) is 19.4. The van der Waals surface area contributed by atoms with Crippen molar-refractivity contribution in [1.29, 1.82) is 0 Å². The summed E-state index contributed by atoms with van der Waals surface area (Å²) in [5, 5.41) is 5.25. The molecule has 0 aromatic heterocycles. The zero-order valence-corrected chi connectivity index (χ0v) is 13.6. The molecule has 1 atom stereocenters. The SMILES string of the molecule is COC(=O)[C@@H](CNC(=O)OC(C)(C)C)NCC(=O)C(C)C. The minimum Gasteiger partial charge on any atom is -0.468 e. The van der Waals surface area contributed by atoms with Crippen LogP contribution in [0.3, 0.4) is 0 Å². The van der Waals surface area contributed by atoms with Gasteiger partial charge in [0, 0.05) is 12.5 Å². The van der Waals surface area contributed by atoms with E-state index < -0.39 is 23.7 Å². The lowest BCUT2D eigenvalue weighted by Gasteiger charge is -2.21. The average molecular weight is 302 g/mol. The van der Waals surface area contributed by atoms with E-state index in [4.69, 9.17) is 4.74 Å². The minimum absolute atomic E-state index is 0.0209. The standard InChI is InChI=1S/C14H26N2O5/c1-9(2)11(17)8-15-10(12(18)20-6)7-16-13(19)21-14(3,4)5/h9-10,15H,7-8H2,1-6H3,(H,16,19)/t10-/m1/s1. The van der Waals surface area contributed by atoms with Gasteiger partial charge in [0.25, 0.3) is 0 Å². The van der Waals surface area contributed by atoms with Crippen LogP contribution in [0.1, 0.15) is 34.6 Å². The number of hydrogen-bond acceptors (Lipinski definition) is 6. The zero-order chi connectivity index (χ0) is 16.6. The molecule has 0 radical (unpaired) electrons. The molecule has 0 aliphatic heterocycles. The maximum Gasteiger partial charge on any atom is 0.407 e. The molecule has 0 rings (SSSR count). The number of Topliss-reactive ketones (excluding diaryl/α,β-unsaturated/α-hetero) is 1. The molecule has 0 unspecified atom stereocenters. The van der Waals surface area contributed by atoms with E-state index in [2.05, 4.69) is 15.4 Å². The lowest BCUT2D eigenvalue weighted by molar-refractivity contribution is -0.143. The van der Waals surface area contributed by atoms with E-state index >= 15 is 0 Å². The topological polar surface area (TPSA) is 93.7 Å². The molecule has 0 heterocycles. The molecule has 0 aromatic rings. The molecule has 0 aromatic carbocycles. The Morgan fingerprint density at radius 3 is 2.14 bits per heavy atom. The highest BCUT2D eigenvalue weighted by molar-refractivity contribution is 5.83. The smallest absolute Gasteiger partial charge is 0.407 e. The number of rotatable bonds is 7. The quantitative estimate of drug-likeness (QED) is 0.678. The summed E-state index contributed by atoms with van der Waals surface area (Å²) >= 11 is 0. The van der Waals surface area contributed by atoms with Crippen LogP contribution in [0.2, 0.25) is 0 Å². The van der Waals surface area contributed by atoms with Gasteiger partial charge in [0.15, 0.2) is 0 Å². The van der Waals surface area contributed by atoms with Gasteiger partial charge >= 0.3 is 12.1 Å². The Morgan fingerprint density at radius 1 is 1.14 bits per heavy atom. The number of carbonyl (C=O) groups excluding carboxylic acids is 3. The summed E-state index contributed by atoms with van der Waals surface area (Å²) in [7, 11) is 1.24. The second-order valence-electron chi connectivity index (χ2n) is 5.96.